The van der Waals surface area contributed by atoms with Crippen LogP contribution in [0.3, 0.4) is 0 Å². The molecule has 15 heavy (non-hydrogen) atoms. The van der Waals surface area contributed by atoms with Crippen LogP contribution in [0.4, 0.5) is 4.39 Å². The van der Waals surface area contributed by atoms with Gasteiger partial charge in [-0.1, -0.05) is 11.6 Å². The van der Waals surface area contributed by atoms with Crippen molar-refractivity contribution in [1.82, 2.24) is 0 Å². The summed E-state index contributed by atoms with van der Waals surface area (Å²) in [7, 11) is 0. The maximum Gasteiger partial charge on any atom is 0.138 e. The Morgan fingerprint density at radius 1 is 1.53 bits per heavy atom. The molecule has 82 valence electrons. The molecule has 3 nitrogen and oxygen atoms in total. The summed E-state index contributed by atoms with van der Waals surface area (Å²) in [5, 5.41) is 7.24. The van der Waals surface area contributed by atoms with Gasteiger partial charge in [0.2, 0.25) is 0 Å². The second-order valence-corrected chi connectivity index (χ2v) is 3.46. The van der Waals surface area contributed by atoms with Crippen molar-refractivity contribution in [2.45, 2.75) is 12.8 Å². The van der Waals surface area contributed by atoms with E-state index in [9.17, 15) is 4.39 Å². The first kappa shape index (κ1) is 11.8. The lowest BCUT2D eigenvalue weighted by molar-refractivity contribution is 0.313. The molecule has 0 unspecified atom stereocenters. The molecule has 0 saturated carbocycles. The Morgan fingerprint density at radius 3 is 2.87 bits per heavy atom. The van der Waals surface area contributed by atoms with Crippen LogP contribution in [0, 0.1) is 11.2 Å². The average molecular weight is 231 g/mol. The standard InChI is InChI=1S/C10H12ClFN2O/c11-8-6-7(12)3-4-9(8)15-5-1-2-10(13)14/h3-4,6H,1-2,5H2,(H3,13,14). The van der Waals surface area contributed by atoms with Crippen LogP contribution in [0.2, 0.25) is 5.02 Å². The topological polar surface area (TPSA) is 59.1 Å². The molecule has 0 spiro atoms. The van der Waals surface area contributed by atoms with Crippen molar-refractivity contribution in [2.24, 2.45) is 5.73 Å². The third-order valence-corrected chi connectivity index (χ3v) is 2.04. The Labute approximate surface area is 92.5 Å². The first-order chi connectivity index (χ1) is 7.09. The summed E-state index contributed by atoms with van der Waals surface area (Å²) in [6.45, 7) is 0.408. The summed E-state index contributed by atoms with van der Waals surface area (Å²) < 4.78 is 17.9. The SMILES string of the molecule is N=C(N)CCCOc1ccc(F)cc1Cl. The van der Waals surface area contributed by atoms with Gasteiger partial charge in [-0.3, -0.25) is 5.41 Å². The van der Waals surface area contributed by atoms with Gasteiger partial charge in [0, 0.05) is 6.42 Å². The van der Waals surface area contributed by atoms with E-state index in [0.29, 0.717) is 25.2 Å². The first-order valence-electron chi connectivity index (χ1n) is 4.50. The highest BCUT2D eigenvalue weighted by Crippen LogP contribution is 2.24. The molecule has 0 saturated heterocycles. The highest BCUT2D eigenvalue weighted by molar-refractivity contribution is 6.32. The van der Waals surface area contributed by atoms with Crippen molar-refractivity contribution in [1.29, 1.82) is 5.41 Å². The highest BCUT2D eigenvalue weighted by Gasteiger charge is 2.02. The van der Waals surface area contributed by atoms with Crippen LogP contribution in [0.15, 0.2) is 18.2 Å². The van der Waals surface area contributed by atoms with Gasteiger partial charge in [-0.25, -0.2) is 4.39 Å². The van der Waals surface area contributed by atoms with Crippen LogP contribution in [-0.2, 0) is 0 Å². The van der Waals surface area contributed by atoms with Crippen molar-refractivity contribution in [2.75, 3.05) is 6.61 Å². The van der Waals surface area contributed by atoms with Crippen LogP contribution in [0.1, 0.15) is 12.8 Å². The Balaban J connectivity index is 2.40. The molecule has 0 aliphatic carbocycles. The molecule has 0 atom stereocenters. The summed E-state index contributed by atoms with van der Waals surface area (Å²) in [5.41, 5.74) is 5.17. The number of ether oxygens (including phenoxy) is 1. The van der Waals surface area contributed by atoms with Gasteiger partial charge >= 0.3 is 0 Å². The predicted octanol–water partition coefficient (Wildman–Crippen LogP) is 2.57. The second kappa shape index (κ2) is 5.56. The second-order valence-electron chi connectivity index (χ2n) is 3.05. The number of nitrogens with one attached hydrogen (secondary N) is 1. The largest absolute Gasteiger partial charge is 0.492 e. The van der Waals surface area contributed by atoms with E-state index in [1.165, 1.54) is 18.2 Å². The summed E-state index contributed by atoms with van der Waals surface area (Å²) in [4.78, 5) is 0. The monoisotopic (exact) mass is 230 g/mol. The molecule has 3 N–H and O–H groups in total. The lowest BCUT2D eigenvalue weighted by Crippen LogP contribution is -2.11. The Hall–Kier alpha value is -1.29. The number of hydrogen-bond acceptors (Lipinski definition) is 2. The van der Waals surface area contributed by atoms with Crippen molar-refractivity contribution >= 4 is 17.4 Å². The minimum Gasteiger partial charge on any atom is -0.492 e. The number of halogens is 2. The van der Waals surface area contributed by atoms with E-state index in [4.69, 9.17) is 27.5 Å². The summed E-state index contributed by atoms with van der Waals surface area (Å²) >= 11 is 5.74. The minimum absolute atomic E-state index is 0.129. The highest BCUT2D eigenvalue weighted by atomic mass is 35.5. The molecule has 0 fully saturated rings. The number of rotatable bonds is 5. The van der Waals surface area contributed by atoms with Crippen LogP contribution < -0.4 is 10.5 Å². The zero-order valence-corrected chi connectivity index (χ0v) is 8.85. The molecule has 0 heterocycles. The average Bonchev–Trinajstić information content (AvgIpc) is 2.14. The van der Waals surface area contributed by atoms with Gasteiger partial charge < -0.3 is 10.5 Å². The zero-order valence-electron chi connectivity index (χ0n) is 8.09. The molecular weight excluding hydrogens is 219 g/mol. The molecule has 1 aromatic carbocycles. The quantitative estimate of drug-likeness (QED) is 0.464. The predicted molar refractivity (Wildman–Crippen MR) is 58.1 cm³/mol. The lowest BCUT2D eigenvalue weighted by Gasteiger charge is -2.07. The van der Waals surface area contributed by atoms with E-state index in [1.54, 1.807) is 0 Å². The Bertz CT molecular complexity index is 357. The fraction of sp³-hybridized carbons (Fsp3) is 0.300. The molecular formula is C10H12ClFN2O. The van der Waals surface area contributed by atoms with E-state index in [1.807, 2.05) is 0 Å². The van der Waals surface area contributed by atoms with Crippen LogP contribution in [-0.4, -0.2) is 12.4 Å². The van der Waals surface area contributed by atoms with E-state index in [2.05, 4.69) is 0 Å². The van der Waals surface area contributed by atoms with Gasteiger partial charge in [0.15, 0.2) is 0 Å². The van der Waals surface area contributed by atoms with E-state index < -0.39 is 5.82 Å². The lowest BCUT2D eigenvalue weighted by atomic mass is 10.3. The van der Waals surface area contributed by atoms with Gasteiger partial charge in [0.25, 0.3) is 0 Å². The fourth-order valence-corrected chi connectivity index (χ4v) is 1.26. The van der Waals surface area contributed by atoms with Gasteiger partial charge in [0.1, 0.15) is 11.6 Å². The Kier molecular flexibility index (Phi) is 4.37. The number of benzene rings is 1. The molecule has 0 amide bonds. The first-order valence-corrected chi connectivity index (χ1v) is 4.88. The Morgan fingerprint density at radius 2 is 2.27 bits per heavy atom. The van der Waals surface area contributed by atoms with Crippen molar-refractivity contribution in [3.63, 3.8) is 0 Å². The molecule has 5 heteroatoms. The van der Waals surface area contributed by atoms with Crippen molar-refractivity contribution in [3.8, 4) is 5.75 Å². The van der Waals surface area contributed by atoms with Gasteiger partial charge in [-0.2, -0.15) is 0 Å². The van der Waals surface area contributed by atoms with Gasteiger partial charge in [-0.15, -0.1) is 0 Å². The van der Waals surface area contributed by atoms with Gasteiger partial charge in [0.05, 0.1) is 17.5 Å². The molecule has 0 aliphatic heterocycles. The third-order valence-electron chi connectivity index (χ3n) is 1.74. The number of nitrogens with two attached hydrogens (primary N) is 1. The summed E-state index contributed by atoms with van der Waals surface area (Å²) in [6, 6.07) is 3.96. The van der Waals surface area contributed by atoms with Gasteiger partial charge in [-0.05, 0) is 24.6 Å². The number of amidine groups is 1. The maximum absolute atomic E-state index is 12.7. The summed E-state index contributed by atoms with van der Waals surface area (Å²) in [5.74, 6) is 0.182. The van der Waals surface area contributed by atoms with Crippen molar-refractivity contribution in [3.05, 3.63) is 29.0 Å². The normalized spacial score (nSPS) is 10.0. The van der Waals surface area contributed by atoms with Crippen molar-refractivity contribution < 1.29 is 9.13 Å². The van der Waals surface area contributed by atoms with E-state index in [0.717, 1.165) is 0 Å². The van der Waals surface area contributed by atoms with Crippen LogP contribution in [0.25, 0.3) is 0 Å². The van der Waals surface area contributed by atoms with E-state index in [-0.39, 0.29) is 10.9 Å². The van der Waals surface area contributed by atoms with Crippen LogP contribution in [0.5, 0.6) is 5.75 Å². The molecule has 1 rings (SSSR count). The minimum atomic E-state index is -0.393. The smallest absolute Gasteiger partial charge is 0.138 e. The zero-order chi connectivity index (χ0) is 11.3. The maximum atomic E-state index is 12.7. The van der Waals surface area contributed by atoms with Crippen LogP contribution >= 0.6 is 11.6 Å². The summed E-state index contributed by atoms with van der Waals surface area (Å²) in [6.07, 6.45) is 1.13. The molecule has 0 radical (unpaired) electrons. The molecule has 1 aromatic rings. The molecule has 0 bridgehead atoms. The van der Waals surface area contributed by atoms with E-state index >= 15 is 0 Å². The molecule has 0 aromatic heterocycles. The molecule has 0 aliphatic rings. The number of hydrogen-bond donors (Lipinski definition) is 2. The fourth-order valence-electron chi connectivity index (χ4n) is 1.04. The third kappa shape index (κ3) is 4.16.